The number of carbonyl (C=O) groups is 2. The van der Waals surface area contributed by atoms with E-state index in [0.717, 1.165) is 51.2 Å². The smallest absolute Gasteiger partial charge is 0.237 e. The van der Waals surface area contributed by atoms with Crippen molar-refractivity contribution in [2.75, 3.05) is 20.1 Å². The van der Waals surface area contributed by atoms with E-state index in [1.807, 2.05) is 7.05 Å². The van der Waals surface area contributed by atoms with Crippen molar-refractivity contribution >= 4 is 12.2 Å². The van der Waals surface area contributed by atoms with Gasteiger partial charge in [0, 0.05) is 17.5 Å². The molecule has 0 radical (unpaired) electrons. The number of fused-ring (bicyclic) bond motifs is 2. The van der Waals surface area contributed by atoms with E-state index < -0.39 is 0 Å². The van der Waals surface area contributed by atoms with Gasteiger partial charge in [0.2, 0.25) is 5.91 Å². The van der Waals surface area contributed by atoms with Gasteiger partial charge in [-0.2, -0.15) is 5.26 Å². The van der Waals surface area contributed by atoms with Crippen LogP contribution >= 0.6 is 0 Å². The van der Waals surface area contributed by atoms with E-state index in [1.54, 1.807) is 4.90 Å². The summed E-state index contributed by atoms with van der Waals surface area (Å²) in [5.74, 6) is 0.0615. The molecule has 21 heavy (non-hydrogen) atoms. The summed E-state index contributed by atoms with van der Waals surface area (Å²) in [6, 6.07) is 1.98. The van der Waals surface area contributed by atoms with Gasteiger partial charge in [-0.25, -0.2) is 0 Å². The summed E-state index contributed by atoms with van der Waals surface area (Å²) in [5.41, 5.74) is -0.0986. The molecule has 0 N–H and O–H groups in total. The van der Waals surface area contributed by atoms with Crippen LogP contribution in [0.25, 0.3) is 0 Å². The first-order valence-corrected chi connectivity index (χ1v) is 7.91. The minimum absolute atomic E-state index is 0.0262. The van der Waals surface area contributed by atoms with Gasteiger partial charge in [0.25, 0.3) is 0 Å². The van der Waals surface area contributed by atoms with Gasteiger partial charge in [-0.05, 0) is 52.0 Å². The molecule has 0 aromatic rings. The van der Waals surface area contributed by atoms with Gasteiger partial charge in [0.05, 0.1) is 12.6 Å². The average molecular weight is 289 g/mol. The fourth-order valence-corrected chi connectivity index (χ4v) is 4.56. The molecule has 2 aliphatic carbocycles. The van der Waals surface area contributed by atoms with E-state index >= 15 is 0 Å². The molecule has 1 heterocycles. The summed E-state index contributed by atoms with van der Waals surface area (Å²) in [6.07, 6.45) is 7.70. The number of likely N-dealkylation sites (tertiary alicyclic amines) is 1. The van der Waals surface area contributed by atoms with Crippen molar-refractivity contribution in [1.29, 1.82) is 5.26 Å². The summed E-state index contributed by atoms with van der Waals surface area (Å²) in [7, 11) is 2.00. The largest absolute Gasteiger partial charge is 0.326 e. The summed E-state index contributed by atoms with van der Waals surface area (Å²) in [5, 5.41) is 9.10. The zero-order valence-corrected chi connectivity index (χ0v) is 12.7. The maximum Gasteiger partial charge on any atom is 0.237 e. The van der Waals surface area contributed by atoms with Crippen LogP contribution in [0.3, 0.4) is 0 Å². The molecule has 5 nitrogen and oxygen atoms in total. The molecular weight excluding hydrogens is 266 g/mol. The number of hydrogen-bond acceptors (Lipinski definition) is 4. The number of nitriles is 1. The lowest BCUT2D eigenvalue weighted by Crippen LogP contribution is -2.49. The second kappa shape index (κ2) is 5.10. The second-order valence-electron chi connectivity index (χ2n) is 7.11. The van der Waals surface area contributed by atoms with Crippen molar-refractivity contribution in [3.63, 3.8) is 0 Å². The molecule has 5 heteroatoms. The lowest BCUT2D eigenvalue weighted by atomic mass is 9.85. The van der Waals surface area contributed by atoms with Crippen LogP contribution in [0.4, 0.5) is 0 Å². The molecule has 1 saturated heterocycles. The first kappa shape index (κ1) is 14.5. The molecule has 0 spiro atoms. The highest BCUT2D eigenvalue weighted by Crippen LogP contribution is 2.57. The Hall–Kier alpha value is -1.41. The van der Waals surface area contributed by atoms with Crippen LogP contribution in [-0.4, -0.2) is 53.7 Å². The van der Waals surface area contributed by atoms with Gasteiger partial charge in [-0.1, -0.05) is 0 Å². The predicted octanol–water partition coefficient (Wildman–Crippen LogP) is 1.33. The lowest BCUT2D eigenvalue weighted by molar-refractivity contribution is -0.133. The van der Waals surface area contributed by atoms with E-state index in [2.05, 4.69) is 11.0 Å². The van der Waals surface area contributed by atoms with Gasteiger partial charge < -0.3 is 9.69 Å². The Morgan fingerprint density at radius 3 is 2.71 bits per heavy atom. The fourth-order valence-electron chi connectivity index (χ4n) is 4.56. The van der Waals surface area contributed by atoms with Crippen molar-refractivity contribution in [1.82, 2.24) is 9.80 Å². The zero-order chi connectivity index (χ0) is 15.1. The summed E-state index contributed by atoms with van der Waals surface area (Å²) < 4.78 is 0. The lowest BCUT2D eigenvalue weighted by Gasteiger charge is -2.37. The summed E-state index contributed by atoms with van der Waals surface area (Å²) in [6.45, 7) is 1.07. The Balaban J connectivity index is 1.65. The quantitative estimate of drug-likeness (QED) is 0.733. The van der Waals surface area contributed by atoms with Crippen molar-refractivity contribution < 1.29 is 9.59 Å². The Labute approximate surface area is 125 Å². The minimum Gasteiger partial charge on any atom is -0.326 e. The van der Waals surface area contributed by atoms with Gasteiger partial charge in [0.15, 0.2) is 0 Å². The zero-order valence-electron chi connectivity index (χ0n) is 12.7. The van der Waals surface area contributed by atoms with Gasteiger partial charge in [0.1, 0.15) is 12.3 Å². The van der Waals surface area contributed by atoms with Crippen molar-refractivity contribution in [3.8, 4) is 6.07 Å². The Morgan fingerprint density at radius 2 is 2.14 bits per heavy atom. The number of aldehydes is 1. The molecule has 1 aliphatic heterocycles. The molecule has 0 aromatic carbocycles. The Kier molecular flexibility index (Phi) is 3.53. The van der Waals surface area contributed by atoms with E-state index in [0.29, 0.717) is 13.1 Å². The van der Waals surface area contributed by atoms with E-state index in [1.165, 1.54) is 0 Å². The predicted molar refractivity (Wildman–Crippen MR) is 77.3 cm³/mol. The number of carbonyl (C=O) groups excluding carboxylic acids is 2. The molecule has 1 unspecified atom stereocenters. The van der Waals surface area contributed by atoms with Crippen molar-refractivity contribution in [2.24, 2.45) is 5.41 Å². The fraction of sp³-hybridized carbons (Fsp3) is 0.812. The third-order valence-electron chi connectivity index (χ3n) is 6.01. The minimum atomic E-state index is -0.246. The van der Waals surface area contributed by atoms with Gasteiger partial charge >= 0.3 is 0 Å². The first-order valence-electron chi connectivity index (χ1n) is 7.91. The van der Waals surface area contributed by atoms with Crippen LogP contribution in [0.5, 0.6) is 0 Å². The Bertz CT molecular complexity index is 488. The molecule has 0 aromatic heterocycles. The molecular formula is C16H23N3O2. The van der Waals surface area contributed by atoms with Crippen LogP contribution < -0.4 is 0 Å². The molecule has 1 atom stereocenters. The Morgan fingerprint density at radius 1 is 1.43 bits per heavy atom. The third-order valence-corrected chi connectivity index (χ3v) is 6.01. The van der Waals surface area contributed by atoms with Crippen LogP contribution in [-0.2, 0) is 9.59 Å². The molecule has 1 amide bonds. The topological polar surface area (TPSA) is 64.4 Å². The normalized spacial score (nSPS) is 38.0. The monoisotopic (exact) mass is 289 g/mol. The number of amides is 1. The summed E-state index contributed by atoms with van der Waals surface area (Å²) >= 11 is 0. The SMILES string of the molecule is CN(CC(=O)N1CCCC1C#N)C12CCC(C=O)(CC1)C2. The van der Waals surface area contributed by atoms with Crippen molar-refractivity contribution in [3.05, 3.63) is 0 Å². The van der Waals surface area contributed by atoms with E-state index in [9.17, 15) is 9.59 Å². The summed E-state index contributed by atoms with van der Waals surface area (Å²) in [4.78, 5) is 27.7. The van der Waals surface area contributed by atoms with Gasteiger partial charge in [-0.15, -0.1) is 0 Å². The van der Waals surface area contributed by atoms with Crippen LogP contribution in [0.2, 0.25) is 0 Å². The standard InChI is InChI=1S/C16H23N3O2/c1-18(10-14(21)19-8-2-3-13(19)9-17)16-6-4-15(11-16,12-20)5-7-16/h12-13H,2-8,10-11H2,1H3. The highest BCUT2D eigenvalue weighted by atomic mass is 16.2. The molecule has 114 valence electrons. The van der Waals surface area contributed by atoms with E-state index in [-0.39, 0.29) is 22.9 Å². The first-order chi connectivity index (χ1) is 10.0. The number of nitrogens with zero attached hydrogens (tertiary/aromatic N) is 3. The van der Waals surface area contributed by atoms with Gasteiger partial charge in [-0.3, -0.25) is 9.69 Å². The molecule has 2 saturated carbocycles. The second-order valence-corrected chi connectivity index (χ2v) is 7.11. The molecule has 3 rings (SSSR count). The maximum atomic E-state index is 12.5. The molecule has 3 aliphatic rings. The average Bonchev–Trinajstić information content (AvgIpc) is 3.20. The van der Waals surface area contributed by atoms with Crippen molar-refractivity contribution in [2.45, 2.75) is 56.5 Å². The van der Waals surface area contributed by atoms with Crippen LogP contribution in [0.1, 0.15) is 44.9 Å². The highest BCUT2D eigenvalue weighted by Gasteiger charge is 2.56. The number of likely N-dealkylation sites (N-methyl/N-ethyl adjacent to an activating group) is 1. The molecule has 2 bridgehead atoms. The third kappa shape index (κ3) is 2.26. The maximum absolute atomic E-state index is 12.5. The van der Waals surface area contributed by atoms with Crippen LogP contribution in [0.15, 0.2) is 0 Å². The van der Waals surface area contributed by atoms with E-state index in [4.69, 9.17) is 5.26 Å². The molecule has 3 fully saturated rings. The van der Waals surface area contributed by atoms with Crippen LogP contribution in [0, 0.1) is 16.7 Å². The highest BCUT2D eigenvalue weighted by molar-refractivity contribution is 5.79. The number of rotatable bonds is 4. The number of hydrogen-bond donors (Lipinski definition) is 0.